The Morgan fingerprint density at radius 1 is 0.204 bits per heavy atom. The zero-order valence-electron chi connectivity index (χ0n) is 58.7. The Bertz CT molecular complexity index is 6810. The quantitative estimate of drug-likeness (QED) is 0.115. The molecule has 508 valence electrons. The van der Waals surface area contributed by atoms with Crippen molar-refractivity contribution in [3.05, 3.63) is 406 Å². The van der Waals surface area contributed by atoms with Gasteiger partial charge in [-0.25, -0.2) is 0 Å². The normalized spacial score (nSPS) is 11.5. The summed E-state index contributed by atoms with van der Waals surface area (Å²) in [6, 6.07) is 145. The van der Waals surface area contributed by atoms with E-state index in [0.29, 0.717) is 0 Å². The molecule has 4 heterocycles. The van der Waals surface area contributed by atoms with Gasteiger partial charge in [-0.2, -0.15) is 0 Å². The molecule has 0 aliphatic carbocycles. The molecule has 0 atom stereocenters. The number of rotatable bonds is 13. The van der Waals surface area contributed by atoms with Crippen LogP contribution in [0.25, 0.3) is 158 Å². The maximum Gasteiger partial charge on any atom is 0.143 e. The summed E-state index contributed by atoms with van der Waals surface area (Å²) in [5.74, 6) is 0. The number of hydrogen-bond acceptors (Lipinski definition) is 5. The third-order valence-corrected chi connectivity index (χ3v) is 22.2. The summed E-state index contributed by atoms with van der Waals surface area (Å²) in [6.07, 6.45) is 0. The van der Waals surface area contributed by atoms with E-state index in [1.807, 2.05) is 23.5 Å². The van der Waals surface area contributed by atoms with Gasteiger partial charge in [-0.3, -0.25) is 0 Å². The third kappa shape index (κ3) is 11.6. The number of hydrogen-bond donors (Lipinski definition) is 0. The van der Waals surface area contributed by atoms with Gasteiger partial charge in [0.25, 0.3) is 0 Å². The average Bonchev–Trinajstić information content (AvgIpc) is 1.60. The molecule has 4 aromatic heterocycles. The van der Waals surface area contributed by atoms with E-state index < -0.39 is 0 Å². The number of nitrogens with zero attached hydrogens (tertiary/aromatic N) is 3. The van der Waals surface area contributed by atoms with Crippen molar-refractivity contribution in [1.29, 1.82) is 0 Å². The Hall–Kier alpha value is -14.0. The van der Waals surface area contributed by atoms with Crippen LogP contribution in [0, 0.1) is 0 Å². The van der Waals surface area contributed by atoms with E-state index >= 15 is 0 Å². The van der Waals surface area contributed by atoms with Crippen LogP contribution < -0.4 is 9.80 Å². The molecule has 0 fully saturated rings. The Morgan fingerprint density at radius 2 is 0.519 bits per heavy atom. The number of benzene rings is 17. The monoisotopic (exact) mass is 1400 g/mol. The van der Waals surface area contributed by atoms with Crippen molar-refractivity contribution in [2.45, 2.75) is 0 Å². The molecular formula is C102H67N3O2S. The summed E-state index contributed by atoms with van der Waals surface area (Å²) < 4.78 is 18.2. The van der Waals surface area contributed by atoms with E-state index in [1.54, 1.807) is 0 Å². The molecular weight excluding hydrogens is 1330 g/mol. The first-order valence-electron chi connectivity index (χ1n) is 36.7. The van der Waals surface area contributed by atoms with E-state index in [-0.39, 0.29) is 0 Å². The molecule has 0 aliphatic rings. The number of furan rings is 2. The van der Waals surface area contributed by atoms with Gasteiger partial charge in [0, 0.05) is 103 Å². The summed E-state index contributed by atoms with van der Waals surface area (Å²) >= 11 is 1.85. The van der Waals surface area contributed by atoms with Crippen molar-refractivity contribution in [1.82, 2.24) is 4.57 Å². The molecule has 0 spiro atoms. The minimum Gasteiger partial charge on any atom is -0.455 e. The number of aromatic nitrogens is 1. The summed E-state index contributed by atoms with van der Waals surface area (Å²) in [6.45, 7) is 0. The minimum absolute atomic E-state index is 0.889. The Kier molecular flexibility index (Phi) is 16.0. The van der Waals surface area contributed by atoms with Gasteiger partial charge >= 0.3 is 0 Å². The fourth-order valence-corrected chi connectivity index (χ4v) is 16.9. The lowest BCUT2D eigenvalue weighted by atomic mass is 9.95. The van der Waals surface area contributed by atoms with E-state index in [0.717, 1.165) is 128 Å². The molecule has 0 bridgehead atoms. The van der Waals surface area contributed by atoms with Gasteiger partial charge in [0.05, 0.1) is 11.0 Å². The molecule has 21 aromatic rings. The number of anilines is 6. The fourth-order valence-electron chi connectivity index (χ4n) is 15.8. The molecule has 21 rings (SSSR count). The van der Waals surface area contributed by atoms with Crippen LogP contribution in [0.2, 0.25) is 0 Å². The summed E-state index contributed by atoms with van der Waals surface area (Å²) in [5, 5.41) is 9.57. The molecule has 0 N–H and O–H groups in total. The molecule has 0 aliphatic heterocycles. The zero-order valence-corrected chi connectivity index (χ0v) is 59.6. The molecule has 0 unspecified atom stereocenters. The lowest BCUT2D eigenvalue weighted by molar-refractivity contribution is 0.669. The van der Waals surface area contributed by atoms with Gasteiger partial charge in [-0.1, -0.05) is 255 Å². The highest BCUT2D eigenvalue weighted by Gasteiger charge is 2.22. The van der Waals surface area contributed by atoms with Gasteiger partial charge < -0.3 is 23.2 Å². The second-order valence-electron chi connectivity index (χ2n) is 27.5. The molecule has 0 amide bonds. The van der Waals surface area contributed by atoms with Crippen LogP contribution in [0.5, 0.6) is 0 Å². The molecule has 0 radical (unpaired) electrons. The first-order chi connectivity index (χ1) is 53.5. The Balaban J connectivity index is 0.000000143. The maximum atomic E-state index is 6.62. The van der Waals surface area contributed by atoms with Gasteiger partial charge in [0.1, 0.15) is 22.3 Å². The van der Waals surface area contributed by atoms with Crippen LogP contribution in [0.15, 0.2) is 415 Å². The predicted molar refractivity (Wildman–Crippen MR) is 457 cm³/mol. The highest BCUT2D eigenvalue weighted by Crippen LogP contribution is 2.46. The molecule has 0 saturated heterocycles. The number of thiophene rings is 1. The largest absolute Gasteiger partial charge is 0.455 e. The van der Waals surface area contributed by atoms with Crippen LogP contribution in [0.1, 0.15) is 0 Å². The zero-order chi connectivity index (χ0) is 71.4. The molecule has 108 heavy (non-hydrogen) atoms. The lowest BCUT2D eigenvalue weighted by Gasteiger charge is -2.26. The summed E-state index contributed by atoms with van der Waals surface area (Å²) in [5.41, 5.74) is 27.6. The van der Waals surface area contributed by atoms with Crippen LogP contribution >= 0.6 is 11.3 Å². The maximum absolute atomic E-state index is 6.62. The summed E-state index contributed by atoms with van der Waals surface area (Å²) in [4.78, 5) is 4.63. The van der Waals surface area contributed by atoms with Crippen molar-refractivity contribution in [2.75, 3.05) is 9.80 Å². The smallest absolute Gasteiger partial charge is 0.143 e. The molecule has 17 aromatic carbocycles. The highest BCUT2D eigenvalue weighted by atomic mass is 32.1. The van der Waals surface area contributed by atoms with E-state index in [2.05, 4.69) is 409 Å². The van der Waals surface area contributed by atoms with Crippen LogP contribution in [-0.2, 0) is 0 Å². The lowest BCUT2D eigenvalue weighted by Crippen LogP contribution is -2.09. The van der Waals surface area contributed by atoms with Crippen LogP contribution in [0.3, 0.4) is 0 Å². The Labute approximate surface area is 629 Å². The van der Waals surface area contributed by atoms with Gasteiger partial charge in [0.15, 0.2) is 0 Å². The van der Waals surface area contributed by atoms with E-state index in [1.165, 1.54) is 64.2 Å². The summed E-state index contributed by atoms with van der Waals surface area (Å²) in [7, 11) is 0. The van der Waals surface area contributed by atoms with Crippen molar-refractivity contribution in [2.24, 2.45) is 0 Å². The van der Waals surface area contributed by atoms with Crippen molar-refractivity contribution in [3.63, 3.8) is 0 Å². The van der Waals surface area contributed by atoms with E-state index in [4.69, 9.17) is 8.83 Å². The van der Waals surface area contributed by atoms with E-state index in [9.17, 15) is 0 Å². The first kappa shape index (κ1) is 63.6. The first-order valence-corrected chi connectivity index (χ1v) is 37.5. The minimum atomic E-state index is 0.889. The van der Waals surface area contributed by atoms with Crippen LogP contribution in [-0.4, -0.2) is 4.57 Å². The molecule has 6 heteroatoms. The van der Waals surface area contributed by atoms with Crippen molar-refractivity contribution < 1.29 is 8.83 Å². The van der Waals surface area contributed by atoms with Crippen LogP contribution in [0.4, 0.5) is 34.1 Å². The van der Waals surface area contributed by atoms with Crippen molar-refractivity contribution in [3.8, 4) is 72.4 Å². The average molecular weight is 1400 g/mol. The highest BCUT2D eigenvalue weighted by molar-refractivity contribution is 7.25. The predicted octanol–water partition coefficient (Wildman–Crippen LogP) is 29.6. The second kappa shape index (κ2) is 27.2. The molecule has 5 nitrogen and oxygen atoms in total. The molecule has 0 saturated carbocycles. The SMILES string of the molecule is c1ccc(-c2ccc(N(c3ccccc3)c3ccc(-c4cc(-c5ccc(-n6c7ccccc7c7ccccc76)cc5)c5oc6ccccc6c5c4)cc3)cc2)cc1.c1ccc(-c2ccc(N(c3ccccc3)c3ccc(-c4cc(-c5ccc6sc7ccccc7c6c5)c5oc6ccccc6c5c4)cc3)cc2)cc1. The number of fused-ring (bicyclic) bond motifs is 12. The topological polar surface area (TPSA) is 37.7 Å². The standard InChI is InChI=1S/C54H36N2O.C48H31NOS/c1-3-13-37(14-4-1)38-23-29-43(30-24-38)55(42-15-5-2-6-16-42)44-31-25-39(26-32-44)41-35-49(54-50(36-41)48-19-9-12-22-53(48)57-54)40-27-33-45(34-28-40)56-51-20-10-7-17-46(51)47-18-8-11-21-52(47)56;1-3-11-32(12-4-1)33-19-24-38(25-20-33)49(37-13-5-2-6-14-37)39-26-21-34(22-27-39)36-30-42(48-44(31-36)40-15-7-9-17-45(40)50-48)35-23-28-47-43(29-35)41-16-8-10-18-46(41)51-47/h1-36H;1-31H. The third-order valence-electron chi connectivity index (χ3n) is 21.1. The van der Waals surface area contributed by atoms with Gasteiger partial charge in [-0.15, -0.1) is 11.3 Å². The van der Waals surface area contributed by atoms with Crippen molar-refractivity contribution >= 4 is 131 Å². The van der Waals surface area contributed by atoms with Gasteiger partial charge in [-0.05, 0) is 207 Å². The second-order valence-corrected chi connectivity index (χ2v) is 28.6. The Morgan fingerprint density at radius 3 is 0.972 bits per heavy atom. The number of para-hydroxylation sites is 6. The fraction of sp³-hybridized carbons (Fsp3) is 0. The van der Waals surface area contributed by atoms with Gasteiger partial charge in [0.2, 0.25) is 0 Å².